The summed E-state index contributed by atoms with van der Waals surface area (Å²) in [5.74, 6) is 0. The van der Waals surface area contributed by atoms with Gasteiger partial charge >= 0.3 is 37.9 Å². The average Bonchev–Trinajstić information content (AvgIpc) is 2.06. The summed E-state index contributed by atoms with van der Waals surface area (Å²) in [6.45, 7) is 4.50. The molecule has 0 atom stereocenters. The van der Waals surface area contributed by atoms with Crippen molar-refractivity contribution in [3.63, 3.8) is 0 Å². The standard InChI is InChI=1S/2C3H8O.2ClH.Zr/c2*1-2-3-4;;;/h2*4H,2-3H2,1H3;2*1H;/q;;;;+2/p-2. The van der Waals surface area contributed by atoms with E-state index in [-0.39, 0.29) is 0 Å². The van der Waals surface area contributed by atoms with E-state index < -0.39 is 20.8 Å². The van der Waals surface area contributed by atoms with Crippen LogP contribution in [0.2, 0.25) is 0 Å². The number of halogens is 2. The number of hydrogen-bond acceptors (Lipinski definition) is 2. The third kappa shape index (κ3) is 87.6. The van der Waals surface area contributed by atoms with Gasteiger partial charge in [0.25, 0.3) is 0 Å². The maximum atomic E-state index is 7.88. The van der Waals surface area contributed by atoms with Gasteiger partial charge in [0, 0.05) is 13.2 Å². The van der Waals surface area contributed by atoms with Gasteiger partial charge in [-0.3, -0.25) is 0 Å². The van der Waals surface area contributed by atoms with Crippen LogP contribution in [0, 0.1) is 0 Å². The molecule has 0 aliphatic heterocycles. The average molecular weight is 282 g/mol. The predicted molar refractivity (Wildman–Crippen MR) is 46.5 cm³/mol. The van der Waals surface area contributed by atoms with Crippen LogP contribution in [0.15, 0.2) is 0 Å². The molecule has 0 amide bonds. The molecule has 2 N–H and O–H groups in total. The molecule has 0 bridgehead atoms. The Morgan fingerprint density at radius 2 is 1.09 bits per heavy atom. The van der Waals surface area contributed by atoms with E-state index in [0.717, 1.165) is 12.8 Å². The van der Waals surface area contributed by atoms with Gasteiger partial charge in [-0.25, -0.2) is 0 Å². The van der Waals surface area contributed by atoms with Crippen LogP contribution in [0.25, 0.3) is 0 Å². The molecule has 2 nitrogen and oxygen atoms in total. The molecular formula is C6H16Cl2O2Zr. The SMILES string of the molecule is CCCO.CCCO.[Cl][Zr][Cl]. The van der Waals surface area contributed by atoms with Crippen molar-refractivity contribution in [2.24, 2.45) is 0 Å². The van der Waals surface area contributed by atoms with Crippen molar-refractivity contribution in [2.75, 3.05) is 13.2 Å². The fourth-order valence-corrected chi connectivity index (χ4v) is 0. The Bertz CT molecular complexity index is 33.8. The van der Waals surface area contributed by atoms with Crippen molar-refractivity contribution < 1.29 is 31.1 Å². The molecule has 0 aliphatic carbocycles. The van der Waals surface area contributed by atoms with Crippen molar-refractivity contribution in [1.82, 2.24) is 0 Å². The van der Waals surface area contributed by atoms with Crippen LogP contribution in [-0.4, -0.2) is 23.4 Å². The van der Waals surface area contributed by atoms with Gasteiger partial charge in [-0.05, 0) is 12.8 Å². The van der Waals surface area contributed by atoms with Crippen LogP contribution in [0.5, 0.6) is 0 Å². The molecule has 0 unspecified atom stereocenters. The van der Waals surface area contributed by atoms with Gasteiger partial charge in [0.2, 0.25) is 0 Å². The summed E-state index contributed by atoms with van der Waals surface area (Å²) in [6, 6.07) is 0. The second-order valence-corrected chi connectivity index (χ2v) is 5.25. The van der Waals surface area contributed by atoms with Crippen molar-refractivity contribution in [3.05, 3.63) is 0 Å². The first-order chi connectivity index (χ1) is 5.24. The van der Waals surface area contributed by atoms with Crippen LogP contribution in [0.1, 0.15) is 26.7 Å². The van der Waals surface area contributed by atoms with Gasteiger partial charge < -0.3 is 10.2 Å². The van der Waals surface area contributed by atoms with E-state index in [1.165, 1.54) is 0 Å². The molecule has 11 heavy (non-hydrogen) atoms. The molecular weight excluding hydrogens is 266 g/mol. The van der Waals surface area contributed by atoms with E-state index in [1.807, 2.05) is 13.8 Å². The van der Waals surface area contributed by atoms with Gasteiger partial charge in [-0.15, -0.1) is 0 Å². The van der Waals surface area contributed by atoms with Crippen molar-refractivity contribution in [3.8, 4) is 0 Å². The van der Waals surface area contributed by atoms with Crippen LogP contribution < -0.4 is 0 Å². The first-order valence-electron chi connectivity index (χ1n) is 3.42. The van der Waals surface area contributed by atoms with Gasteiger partial charge in [-0.1, -0.05) is 13.8 Å². The Morgan fingerprint density at radius 1 is 1.00 bits per heavy atom. The summed E-state index contributed by atoms with van der Waals surface area (Å²) in [6.07, 6.45) is 1.75. The molecule has 0 rings (SSSR count). The fraction of sp³-hybridized carbons (Fsp3) is 1.00. The Kier molecular flexibility index (Phi) is 49.9. The normalized spacial score (nSPS) is 6.73. The van der Waals surface area contributed by atoms with Gasteiger partial charge in [0.05, 0.1) is 0 Å². The molecule has 5 heteroatoms. The number of rotatable bonds is 2. The zero-order valence-corrected chi connectivity index (χ0v) is 10.9. The van der Waals surface area contributed by atoms with E-state index in [2.05, 4.69) is 0 Å². The molecule has 0 aliphatic rings. The van der Waals surface area contributed by atoms with Crippen LogP contribution in [0.4, 0.5) is 0 Å². The number of aliphatic hydroxyl groups is 2. The Balaban J connectivity index is -0.0000000886. The molecule has 0 aromatic rings. The van der Waals surface area contributed by atoms with Crippen molar-refractivity contribution in [2.45, 2.75) is 26.7 Å². The molecule has 0 aromatic heterocycles. The quantitative estimate of drug-likeness (QED) is 0.815. The van der Waals surface area contributed by atoms with Crippen LogP contribution >= 0.6 is 17.0 Å². The Hall–Kier alpha value is 1.38. The van der Waals surface area contributed by atoms with Gasteiger partial charge in [0.1, 0.15) is 0 Å². The zero-order chi connectivity index (χ0) is 9.54. The third-order valence-corrected chi connectivity index (χ3v) is 0.447. The van der Waals surface area contributed by atoms with Crippen molar-refractivity contribution >= 4 is 17.0 Å². The Morgan fingerprint density at radius 3 is 1.09 bits per heavy atom. The van der Waals surface area contributed by atoms with E-state index in [4.69, 9.17) is 27.2 Å². The van der Waals surface area contributed by atoms with Crippen LogP contribution in [0.3, 0.4) is 0 Å². The monoisotopic (exact) mass is 280 g/mol. The minimum absolute atomic E-state index is 0.319. The molecule has 0 aromatic carbocycles. The number of aliphatic hydroxyl groups excluding tert-OH is 2. The molecule has 0 saturated carbocycles. The summed E-state index contributed by atoms with van der Waals surface area (Å²) in [7, 11) is 9.87. The van der Waals surface area contributed by atoms with E-state index >= 15 is 0 Å². The summed E-state index contributed by atoms with van der Waals surface area (Å²) in [5.41, 5.74) is 0. The Labute approximate surface area is 87.6 Å². The predicted octanol–water partition coefficient (Wildman–Crippen LogP) is 2.15. The van der Waals surface area contributed by atoms with Crippen LogP contribution in [-0.2, 0) is 20.8 Å². The first kappa shape index (κ1) is 18.2. The number of hydrogen-bond donors (Lipinski definition) is 2. The minimum atomic E-state index is -0.826. The molecule has 0 spiro atoms. The molecule has 0 fully saturated rings. The van der Waals surface area contributed by atoms with E-state index in [9.17, 15) is 0 Å². The molecule has 0 radical (unpaired) electrons. The summed E-state index contributed by atoms with van der Waals surface area (Å²) < 4.78 is 0. The van der Waals surface area contributed by atoms with Crippen molar-refractivity contribution in [1.29, 1.82) is 0 Å². The summed E-state index contributed by atoms with van der Waals surface area (Å²) in [5, 5.41) is 15.8. The molecule has 0 heterocycles. The molecule has 0 saturated heterocycles. The van der Waals surface area contributed by atoms with E-state index in [0.29, 0.717) is 13.2 Å². The molecule has 70 valence electrons. The fourth-order valence-electron chi connectivity index (χ4n) is 0. The maximum absolute atomic E-state index is 7.88. The topological polar surface area (TPSA) is 40.5 Å². The third-order valence-electron chi connectivity index (χ3n) is 0.447. The first-order valence-corrected chi connectivity index (χ1v) is 9.75. The van der Waals surface area contributed by atoms with Gasteiger partial charge in [-0.2, -0.15) is 0 Å². The zero-order valence-electron chi connectivity index (χ0n) is 6.98. The summed E-state index contributed by atoms with van der Waals surface area (Å²) >= 11 is -0.826. The van der Waals surface area contributed by atoms with Gasteiger partial charge in [0.15, 0.2) is 0 Å². The second kappa shape index (κ2) is 30.1. The second-order valence-electron chi connectivity index (χ2n) is 1.52. The van der Waals surface area contributed by atoms with E-state index in [1.54, 1.807) is 0 Å². The summed E-state index contributed by atoms with van der Waals surface area (Å²) in [4.78, 5) is 0.